The highest BCUT2D eigenvalue weighted by Gasteiger charge is 2.24. The van der Waals surface area contributed by atoms with Gasteiger partial charge >= 0.3 is 0 Å². The second-order valence-corrected chi connectivity index (χ2v) is 9.93. The van der Waals surface area contributed by atoms with Gasteiger partial charge in [-0.25, -0.2) is 0 Å². The summed E-state index contributed by atoms with van der Waals surface area (Å²) in [5.41, 5.74) is 6.88. The molecule has 2 aromatic rings. The van der Waals surface area contributed by atoms with Crippen LogP contribution in [0.15, 0.2) is 23.0 Å². The molecule has 7 nitrogen and oxygen atoms in total. The van der Waals surface area contributed by atoms with Crippen molar-refractivity contribution in [3.05, 3.63) is 56.5 Å². The van der Waals surface area contributed by atoms with Crippen LogP contribution in [0.4, 0.5) is 11.4 Å². The van der Waals surface area contributed by atoms with Crippen molar-refractivity contribution >= 4 is 17.3 Å². The van der Waals surface area contributed by atoms with Gasteiger partial charge in [-0.15, -0.1) is 0 Å². The molecule has 2 heterocycles. The Hall–Kier alpha value is -2.80. The zero-order valence-electron chi connectivity index (χ0n) is 21.1. The standard InChI is InChI=1S/C27H39N5O2/c1-18-13-19(2)30-27(34)24(18)17-29-26(33)15-21-14-23(32-11-9-28-10-12-32)16-25(20(21)3)31(4)22-7-5-6-8-22/h13-14,16,22,28H,5-12,15,17H2,1-4H3,(H,29,33)(H,30,34). The number of carbonyl (C=O) groups is 1. The van der Waals surface area contributed by atoms with E-state index in [2.05, 4.69) is 51.5 Å². The minimum absolute atomic E-state index is 0.0607. The molecule has 0 atom stereocenters. The van der Waals surface area contributed by atoms with E-state index in [9.17, 15) is 9.59 Å². The van der Waals surface area contributed by atoms with Crippen molar-refractivity contribution < 1.29 is 4.79 Å². The number of hydrogen-bond donors (Lipinski definition) is 3. The number of aromatic nitrogens is 1. The van der Waals surface area contributed by atoms with E-state index in [0.29, 0.717) is 18.0 Å². The minimum atomic E-state index is -0.129. The number of piperazine rings is 1. The molecular formula is C27H39N5O2. The van der Waals surface area contributed by atoms with Gasteiger partial charge in [-0.3, -0.25) is 9.59 Å². The van der Waals surface area contributed by atoms with Crippen LogP contribution in [0.25, 0.3) is 0 Å². The lowest BCUT2D eigenvalue weighted by molar-refractivity contribution is -0.120. The average Bonchev–Trinajstić information content (AvgIpc) is 3.35. The third-order valence-corrected chi connectivity index (χ3v) is 7.51. The van der Waals surface area contributed by atoms with Crippen LogP contribution in [0.1, 0.15) is 53.6 Å². The molecule has 1 saturated heterocycles. The van der Waals surface area contributed by atoms with Crippen molar-refractivity contribution in [1.82, 2.24) is 15.6 Å². The molecule has 2 fully saturated rings. The fourth-order valence-electron chi connectivity index (χ4n) is 5.41. The molecule has 2 aliphatic rings. The van der Waals surface area contributed by atoms with Gasteiger partial charge in [0, 0.05) is 68.4 Å². The van der Waals surface area contributed by atoms with E-state index in [0.717, 1.165) is 43.0 Å². The molecule has 4 rings (SSSR count). The van der Waals surface area contributed by atoms with Crippen LogP contribution >= 0.6 is 0 Å². The molecule has 184 valence electrons. The van der Waals surface area contributed by atoms with Gasteiger partial charge in [0.2, 0.25) is 5.91 Å². The molecule has 1 saturated carbocycles. The Bertz CT molecular complexity index is 1080. The minimum Gasteiger partial charge on any atom is -0.371 e. The van der Waals surface area contributed by atoms with E-state index in [1.807, 2.05) is 19.9 Å². The van der Waals surface area contributed by atoms with Crippen LogP contribution in [-0.4, -0.2) is 50.2 Å². The van der Waals surface area contributed by atoms with Gasteiger partial charge in [0.1, 0.15) is 0 Å². The van der Waals surface area contributed by atoms with Crippen molar-refractivity contribution in [2.75, 3.05) is 43.0 Å². The highest BCUT2D eigenvalue weighted by molar-refractivity contribution is 5.81. The van der Waals surface area contributed by atoms with Gasteiger partial charge < -0.3 is 25.4 Å². The third-order valence-electron chi connectivity index (χ3n) is 7.51. The van der Waals surface area contributed by atoms with Gasteiger partial charge in [0.25, 0.3) is 5.56 Å². The largest absolute Gasteiger partial charge is 0.371 e. The maximum Gasteiger partial charge on any atom is 0.253 e. The normalized spacial score (nSPS) is 16.6. The fourth-order valence-corrected chi connectivity index (χ4v) is 5.41. The van der Waals surface area contributed by atoms with Gasteiger partial charge in [0.15, 0.2) is 0 Å². The number of amides is 1. The topological polar surface area (TPSA) is 80.5 Å². The highest BCUT2D eigenvalue weighted by atomic mass is 16.1. The SMILES string of the molecule is Cc1cc(C)c(CNC(=O)Cc2cc(N3CCNCC3)cc(N(C)C3CCCC3)c2C)c(=O)[nH]1. The molecule has 34 heavy (non-hydrogen) atoms. The Kier molecular flexibility index (Phi) is 7.61. The first kappa shape index (κ1) is 24.3. The van der Waals surface area contributed by atoms with E-state index in [1.54, 1.807) is 0 Å². The summed E-state index contributed by atoms with van der Waals surface area (Å²) >= 11 is 0. The zero-order valence-corrected chi connectivity index (χ0v) is 21.1. The molecule has 1 aliphatic heterocycles. The van der Waals surface area contributed by atoms with Crippen LogP contribution in [-0.2, 0) is 17.8 Å². The number of H-pyrrole nitrogens is 1. The Labute approximate surface area is 202 Å². The Morgan fingerprint density at radius 2 is 1.82 bits per heavy atom. The van der Waals surface area contributed by atoms with Gasteiger partial charge in [0.05, 0.1) is 6.42 Å². The number of nitrogens with one attached hydrogen (secondary N) is 3. The summed E-state index contributed by atoms with van der Waals surface area (Å²) in [5.74, 6) is -0.0607. The molecule has 1 aliphatic carbocycles. The summed E-state index contributed by atoms with van der Waals surface area (Å²) in [7, 11) is 2.20. The third kappa shape index (κ3) is 5.46. The predicted molar refractivity (Wildman–Crippen MR) is 139 cm³/mol. The highest BCUT2D eigenvalue weighted by Crippen LogP contribution is 2.34. The summed E-state index contributed by atoms with van der Waals surface area (Å²) in [5, 5.41) is 6.41. The summed E-state index contributed by atoms with van der Waals surface area (Å²) in [4.78, 5) is 33.0. The molecule has 0 radical (unpaired) electrons. The van der Waals surface area contributed by atoms with Crippen LogP contribution in [0.3, 0.4) is 0 Å². The summed E-state index contributed by atoms with van der Waals surface area (Å²) < 4.78 is 0. The first-order valence-corrected chi connectivity index (χ1v) is 12.6. The quantitative estimate of drug-likeness (QED) is 0.586. The zero-order chi connectivity index (χ0) is 24.2. The van der Waals surface area contributed by atoms with E-state index < -0.39 is 0 Å². The van der Waals surface area contributed by atoms with Gasteiger partial charge in [-0.1, -0.05) is 12.8 Å². The lowest BCUT2D eigenvalue weighted by atomic mass is 9.99. The summed E-state index contributed by atoms with van der Waals surface area (Å²) in [6, 6.07) is 7.01. The number of hydrogen-bond acceptors (Lipinski definition) is 5. The fraction of sp³-hybridized carbons (Fsp3) is 0.556. The van der Waals surface area contributed by atoms with E-state index in [1.165, 1.54) is 42.6 Å². The van der Waals surface area contributed by atoms with E-state index >= 15 is 0 Å². The second kappa shape index (κ2) is 10.6. The number of nitrogens with zero attached hydrogens (tertiary/aromatic N) is 2. The molecule has 1 amide bonds. The van der Waals surface area contributed by atoms with E-state index in [4.69, 9.17) is 0 Å². The van der Waals surface area contributed by atoms with Crippen molar-refractivity contribution in [2.24, 2.45) is 0 Å². The maximum absolute atomic E-state index is 13.0. The Morgan fingerprint density at radius 3 is 2.50 bits per heavy atom. The number of rotatable bonds is 7. The molecule has 0 unspecified atom stereocenters. The smallest absolute Gasteiger partial charge is 0.253 e. The van der Waals surface area contributed by atoms with E-state index in [-0.39, 0.29) is 18.0 Å². The summed E-state index contributed by atoms with van der Waals surface area (Å²) in [6.07, 6.45) is 5.35. The number of aryl methyl sites for hydroxylation is 2. The molecular weight excluding hydrogens is 426 g/mol. The average molecular weight is 466 g/mol. The molecule has 1 aromatic heterocycles. The summed E-state index contributed by atoms with van der Waals surface area (Å²) in [6.45, 7) is 10.0. The lowest BCUT2D eigenvalue weighted by Gasteiger charge is -2.34. The molecule has 0 spiro atoms. The van der Waals surface area contributed by atoms with Gasteiger partial charge in [-0.05, 0) is 68.5 Å². The maximum atomic E-state index is 13.0. The molecule has 7 heteroatoms. The molecule has 3 N–H and O–H groups in total. The number of benzene rings is 1. The number of anilines is 2. The van der Waals surface area contributed by atoms with Crippen molar-refractivity contribution in [1.29, 1.82) is 0 Å². The predicted octanol–water partition coefficient (Wildman–Crippen LogP) is 2.95. The number of pyridine rings is 1. The lowest BCUT2D eigenvalue weighted by Crippen LogP contribution is -2.43. The first-order chi connectivity index (χ1) is 16.3. The molecule has 1 aromatic carbocycles. The Balaban J connectivity index is 1.56. The molecule has 0 bridgehead atoms. The van der Waals surface area contributed by atoms with Crippen molar-refractivity contribution in [3.63, 3.8) is 0 Å². The van der Waals surface area contributed by atoms with Crippen LogP contribution in [0, 0.1) is 20.8 Å². The Morgan fingerprint density at radius 1 is 1.12 bits per heavy atom. The van der Waals surface area contributed by atoms with Crippen LogP contribution in [0.5, 0.6) is 0 Å². The van der Waals surface area contributed by atoms with Gasteiger partial charge in [-0.2, -0.15) is 0 Å². The second-order valence-electron chi connectivity index (χ2n) is 9.93. The van der Waals surface area contributed by atoms with Crippen molar-refractivity contribution in [3.8, 4) is 0 Å². The van der Waals surface area contributed by atoms with Crippen LogP contribution < -0.4 is 26.0 Å². The van der Waals surface area contributed by atoms with Crippen LogP contribution in [0.2, 0.25) is 0 Å². The monoisotopic (exact) mass is 465 g/mol. The van der Waals surface area contributed by atoms with Crippen molar-refractivity contribution in [2.45, 2.75) is 65.5 Å². The number of carbonyl (C=O) groups excluding carboxylic acids is 1. The number of aromatic amines is 1. The first-order valence-electron chi connectivity index (χ1n) is 12.6.